The molecule has 40 valence electrons. The molecular weight excluding hydrogens is 201 g/mol. The lowest BCUT2D eigenvalue weighted by Crippen LogP contribution is -1.72. The Labute approximate surface area is 57.4 Å². The number of alkyl halides is 1. The van der Waals surface area contributed by atoms with Crippen molar-refractivity contribution in [1.82, 2.24) is 0 Å². The van der Waals surface area contributed by atoms with Crippen LogP contribution in [-0.2, 0) is 0 Å². The zero-order valence-corrected chi connectivity index (χ0v) is 6.13. The average Bonchev–Trinajstić information content (AvgIpc) is 1.69. The Kier molecular flexibility index (Phi) is 6.02. The lowest BCUT2D eigenvalue weighted by Gasteiger charge is -1.69. The highest BCUT2D eigenvalue weighted by Crippen LogP contribution is 1.81. The van der Waals surface area contributed by atoms with Crippen LogP contribution in [0, 0.1) is 0 Å². The SMILES string of the molecule is N/C=C\C=C/CI. The molecule has 0 aliphatic rings. The standard InChI is InChI=1S/C5H8IN/c6-4-2-1-3-5-7/h1-3,5H,4,7H2/b2-1-,5-3-. The van der Waals surface area contributed by atoms with E-state index in [0.717, 1.165) is 4.43 Å². The first-order valence-corrected chi connectivity index (χ1v) is 3.53. The molecule has 0 spiro atoms. The minimum absolute atomic E-state index is 1.04. The summed E-state index contributed by atoms with van der Waals surface area (Å²) in [6, 6.07) is 0. The summed E-state index contributed by atoms with van der Waals surface area (Å²) in [5, 5.41) is 0. The quantitative estimate of drug-likeness (QED) is 0.415. The summed E-state index contributed by atoms with van der Waals surface area (Å²) in [4.78, 5) is 0. The topological polar surface area (TPSA) is 26.0 Å². The molecule has 0 aromatic heterocycles. The minimum atomic E-state index is 1.04. The fraction of sp³-hybridized carbons (Fsp3) is 0.200. The molecule has 2 N–H and O–H groups in total. The molecule has 0 aliphatic carbocycles. The van der Waals surface area contributed by atoms with Gasteiger partial charge in [0.05, 0.1) is 0 Å². The van der Waals surface area contributed by atoms with E-state index in [1.807, 2.05) is 12.2 Å². The molecule has 0 amide bonds. The van der Waals surface area contributed by atoms with E-state index in [1.54, 1.807) is 6.08 Å². The molecule has 2 heteroatoms. The van der Waals surface area contributed by atoms with Crippen LogP contribution in [0.4, 0.5) is 0 Å². The fourth-order valence-electron chi connectivity index (χ4n) is 0.194. The zero-order chi connectivity index (χ0) is 5.54. The number of hydrogen-bond donors (Lipinski definition) is 1. The molecule has 0 atom stereocenters. The number of allylic oxidation sites excluding steroid dienone is 3. The van der Waals surface area contributed by atoms with Gasteiger partial charge in [-0.25, -0.2) is 0 Å². The Hall–Kier alpha value is 0.01000. The Morgan fingerprint density at radius 2 is 2.14 bits per heavy atom. The van der Waals surface area contributed by atoms with E-state index in [9.17, 15) is 0 Å². The van der Waals surface area contributed by atoms with Gasteiger partial charge in [-0.15, -0.1) is 0 Å². The minimum Gasteiger partial charge on any atom is -0.405 e. The molecule has 0 bridgehead atoms. The second-order valence-electron chi connectivity index (χ2n) is 0.967. The van der Waals surface area contributed by atoms with E-state index in [-0.39, 0.29) is 0 Å². The molecule has 0 unspecified atom stereocenters. The molecule has 0 radical (unpaired) electrons. The molecule has 0 saturated carbocycles. The molecule has 0 heterocycles. The number of halogens is 1. The van der Waals surface area contributed by atoms with Crippen LogP contribution in [0.3, 0.4) is 0 Å². The second-order valence-corrected chi connectivity index (χ2v) is 1.85. The summed E-state index contributed by atoms with van der Waals surface area (Å²) < 4.78 is 1.04. The van der Waals surface area contributed by atoms with Gasteiger partial charge >= 0.3 is 0 Å². The van der Waals surface area contributed by atoms with Crippen LogP contribution in [0.15, 0.2) is 24.4 Å². The number of nitrogens with two attached hydrogens (primary N) is 1. The Morgan fingerprint density at radius 3 is 2.57 bits per heavy atom. The number of rotatable bonds is 2. The first-order chi connectivity index (χ1) is 3.41. The van der Waals surface area contributed by atoms with Gasteiger partial charge < -0.3 is 5.73 Å². The van der Waals surface area contributed by atoms with Crippen LogP contribution < -0.4 is 5.73 Å². The van der Waals surface area contributed by atoms with Crippen molar-refractivity contribution in [2.75, 3.05) is 4.43 Å². The molecular formula is C5H8IN. The summed E-state index contributed by atoms with van der Waals surface area (Å²) in [5.41, 5.74) is 5.04. The average molecular weight is 209 g/mol. The Morgan fingerprint density at radius 1 is 1.43 bits per heavy atom. The van der Waals surface area contributed by atoms with Crippen molar-refractivity contribution in [3.05, 3.63) is 24.4 Å². The third kappa shape index (κ3) is 6.01. The molecule has 7 heavy (non-hydrogen) atoms. The van der Waals surface area contributed by atoms with Crippen LogP contribution in [0.5, 0.6) is 0 Å². The van der Waals surface area contributed by atoms with Crippen molar-refractivity contribution < 1.29 is 0 Å². The van der Waals surface area contributed by atoms with Gasteiger partial charge in [0.1, 0.15) is 0 Å². The van der Waals surface area contributed by atoms with Crippen molar-refractivity contribution in [3.8, 4) is 0 Å². The fourth-order valence-corrected chi connectivity index (χ4v) is 0.488. The maximum Gasteiger partial charge on any atom is 0.0178 e. The summed E-state index contributed by atoms with van der Waals surface area (Å²) in [5.74, 6) is 0. The molecule has 0 saturated heterocycles. The summed E-state index contributed by atoms with van der Waals surface area (Å²) in [6.45, 7) is 0. The molecule has 0 aliphatic heterocycles. The Balaban J connectivity index is 3.09. The highest BCUT2D eigenvalue weighted by atomic mass is 127. The van der Waals surface area contributed by atoms with Gasteiger partial charge in [-0.3, -0.25) is 0 Å². The van der Waals surface area contributed by atoms with E-state index in [1.165, 1.54) is 6.20 Å². The van der Waals surface area contributed by atoms with Crippen molar-refractivity contribution in [1.29, 1.82) is 0 Å². The largest absolute Gasteiger partial charge is 0.405 e. The summed E-state index contributed by atoms with van der Waals surface area (Å²) in [7, 11) is 0. The van der Waals surface area contributed by atoms with Gasteiger partial charge in [0.15, 0.2) is 0 Å². The van der Waals surface area contributed by atoms with Crippen LogP contribution in [0.2, 0.25) is 0 Å². The Bertz CT molecular complexity index is 76.1. The smallest absolute Gasteiger partial charge is 0.0178 e. The highest BCUT2D eigenvalue weighted by molar-refractivity contribution is 14.1. The van der Waals surface area contributed by atoms with E-state index < -0.39 is 0 Å². The number of hydrogen-bond acceptors (Lipinski definition) is 1. The van der Waals surface area contributed by atoms with Gasteiger partial charge in [-0.05, 0) is 12.3 Å². The van der Waals surface area contributed by atoms with Crippen LogP contribution in [0.25, 0.3) is 0 Å². The van der Waals surface area contributed by atoms with Crippen LogP contribution >= 0.6 is 22.6 Å². The summed E-state index contributed by atoms with van der Waals surface area (Å²) in [6.07, 6.45) is 7.28. The zero-order valence-electron chi connectivity index (χ0n) is 3.97. The van der Waals surface area contributed by atoms with E-state index in [2.05, 4.69) is 22.6 Å². The second kappa shape index (κ2) is 6.01. The van der Waals surface area contributed by atoms with Gasteiger partial charge in [-0.1, -0.05) is 34.7 Å². The van der Waals surface area contributed by atoms with Crippen molar-refractivity contribution in [2.45, 2.75) is 0 Å². The van der Waals surface area contributed by atoms with E-state index in [4.69, 9.17) is 5.73 Å². The van der Waals surface area contributed by atoms with Crippen molar-refractivity contribution in [3.63, 3.8) is 0 Å². The molecule has 0 aromatic carbocycles. The van der Waals surface area contributed by atoms with Gasteiger partial charge in [0.2, 0.25) is 0 Å². The lowest BCUT2D eigenvalue weighted by atomic mass is 10.5. The van der Waals surface area contributed by atoms with E-state index >= 15 is 0 Å². The molecule has 0 rings (SSSR count). The third-order valence-electron chi connectivity index (χ3n) is 0.447. The monoisotopic (exact) mass is 209 g/mol. The highest BCUT2D eigenvalue weighted by Gasteiger charge is 1.59. The van der Waals surface area contributed by atoms with Crippen LogP contribution in [-0.4, -0.2) is 4.43 Å². The molecule has 0 aromatic rings. The predicted octanol–water partition coefficient (Wildman–Crippen LogP) is 1.45. The predicted molar refractivity (Wildman–Crippen MR) is 41.4 cm³/mol. The van der Waals surface area contributed by atoms with Crippen molar-refractivity contribution in [2.24, 2.45) is 5.73 Å². The van der Waals surface area contributed by atoms with Gasteiger partial charge in [0.25, 0.3) is 0 Å². The van der Waals surface area contributed by atoms with Crippen molar-refractivity contribution >= 4 is 22.6 Å². The normalized spacial score (nSPS) is 11.6. The van der Waals surface area contributed by atoms with Gasteiger partial charge in [-0.2, -0.15) is 0 Å². The molecule has 1 nitrogen and oxygen atoms in total. The first-order valence-electron chi connectivity index (χ1n) is 2.01. The molecule has 0 fully saturated rings. The van der Waals surface area contributed by atoms with Gasteiger partial charge in [0, 0.05) is 4.43 Å². The van der Waals surface area contributed by atoms with E-state index in [0.29, 0.717) is 0 Å². The third-order valence-corrected chi connectivity index (χ3v) is 0.956. The maximum atomic E-state index is 5.04. The summed E-state index contributed by atoms with van der Waals surface area (Å²) >= 11 is 2.27. The van der Waals surface area contributed by atoms with Crippen LogP contribution in [0.1, 0.15) is 0 Å². The lowest BCUT2D eigenvalue weighted by molar-refractivity contribution is 1.60. The first kappa shape index (κ1) is 7.01. The maximum absolute atomic E-state index is 5.04.